The van der Waals surface area contributed by atoms with Crippen LogP contribution in [-0.4, -0.2) is 35.7 Å². The van der Waals surface area contributed by atoms with Gasteiger partial charge in [0, 0.05) is 31.1 Å². The Labute approximate surface area is 95.5 Å². The van der Waals surface area contributed by atoms with Crippen molar-refractivity contribution >= 4 is 17.6 Å². The van der Waals surface area contributed by atoms with Crippen molar-refractivity contribution in [2.24, 2.45) is 0 Å². The van der Waals surface area contributed by atoms with E-state index in [-0.39, 0.29) is 0 Å². The van der Waals surface area contributed by atoms with Crippen molar-refractivity contribution in [3.8, 4) is 0 Å². The van der Waals surface area contributed by atoms with Gasteiger partial charge in [-0.3, -0.25) is 0 Å². The van der Waals surface area contributed by atoms with Gasteiger partial charge in [0.2, 0.25) is 0 Å². The van der Waals surface area contributed by atoms with E-state index < -0.39 is 6.10 Å². The maximum atomic E-state index is 9.61. The molecule has 0 aliphatic heterocycles. The Morgan fingerprint density at radius 2 is 2.33 bits per heavy atom. The molecule has 0 aliphatic carbocycles. The SMILES string of the molecule is CSCCN(C)c1ncccc1[C@H](C)O. The summed E-state index contributed by atoms with van der Waals surface area (Å²) in [6, 6.07) is 3.77. The summed E-state index contributed by atoms with van der Waals surface area (Å²) in [6.07, 6.45) is 3.38. The van der Waals surface area contributed by atoms with Gasteiger partial charge in [0.05, 0.1) is 6.10 Å². The Morgan fingerprint density at radius 3 is 2.93 bits per heavy atom. The molecule has 0 fully saturated rings. The van der Waals surface area contributed by atoms with Crippen LogP contribution in [-0.2, 0) is 0 Å². The van der Waals surface area contributed by atoms with Gasteiger partial charge in [0.15, 0.2) is 0 Å². The number of aliphatic hydroxyl groups excluding tert-OH is 1. The highest BCUT2D eigenvalue weighted by Crippen LogP contribution is 2.22. The zero-order valence-electron chi connectivity index (χ0n) is 9.47. The number of anilines is 1. The van der Waals surface area contributed by atoms with Crippen LogP contribution in [0, 0.1) is 0 Å². The molecule has 15 heavy (non-hydrogen) atoms. The lowest BCUT2D eigenvalue weighted by atomic mass is 10.1. The summed E-state index contributed by atoms with van der Waals surface area (Å²) in [5.74, 6) is 1.94. The molecule has 0 radical (unpaired) electrons. The van der Waals surface area contributed by atoms with Gasteiger partial charge in [-0.05, 0) is 19.2 Å². The lowest BCUT2D eigenvalue weighted by Gasteiger charge is -2.21. The summed E-state index contributed by atoms with van der Waals surface area (Å²) in [5.41, 5.74) is 0.890. The molecular weight excluding hydrogens is 208 g/mol. The number of aliphatic hydroxyl groups is 1. The first-order valence-corrected chi connectivity index (χ1v) is 6.39. The van der Waals surface area contributed by atoms with Crippen LogP contribution in [0.1, 0.15) is 18.6 Å². The van der Waals surface area contributed by atoms with Gasteiger partial charge in [0.1, 0.15) is 5.82 Å². The van der Waals surface area contributed by atoms with Gasteiger partial charge in [-0.15, -0.1) is 0 Å². The number of rotatable bonds is 5. The molecule has 0 aromatic carbocycles. The molecular formula is C11H18N2OS. The number of aromatic nitrogens is 1. The molecule has 0 amide bonds. The molecule has 0 bridgehead atoms. The van der Waals surface area contributed by atoms with Crippen molar-refractivity contribution in [1.82, 2.24) is 4.98 Å². The molecule has 1 aromatic rings. The molecule has 84 valence electrons. The quantitative estimate of drug-likeness (QED) is 0.832. The Morgan fingerprint density at radius 1 is 1.60 bits per heavy atom. The fourth-order valence-electron chi connectivity index (χ4n) is 1.39. The molecule has 0 spiro atoms. The second-order valence-electron chi connectivity index (χ2n) is 3.51. The average molecular weight is 226 g/mol. The second-order valence-corrected chi connectivity index (χ2v) is 4.49. The van der Waals surface area contributed by atoms with Crippen LogP contribution in [0.5, 0.6) is 0 Å². The van der Waals surface area contributed by atoms with E-state index in [0.29, 0.717) is 0 Å². The van der Waals surface area contributed by atoms with Crippen LogP contribution in [0.25, 0.3) is 0 Å². The fourth-order valence-corrected chi connectivity index (χ4v) is 1.85. The standard InChI is InChI=1S/C11H18N2OS/c1-9(14)10-5-4-6-12-11(10)13(2)7-8-15-3/h4-6,9,14H,7-8H2,1-3H3/t9-/m0/s1. The molecule has 0 aliphatic rings. The van der Waals surface area contributed by atoms with E-state index in [1.165, 1.54) is 0 Å². The zero-order chi connectivity index (χ0) is 11.3. The van der Waals surface area contributed by atoms with E-state index in [1.54, 1.807) is 24.9 Å². The third-order valence-corrected chi connectivity index (χ3v) is 2.85. The summed E-state index contributed by atoms with van der Waals surface area (Å²) >= 11 is 1.81. The van der Waals surface area contributed by atoms with Gasteiger partial charge in [-0.2, -0.15) is 11.8 Å². The maximum absolute atomic E-state index is 9.61. The average Bonchev–Trinajstić information content (AvgIpc) is 2.25. The minimum atomic E-state index is -0.467. The molecule has 3 nitrogen and oxygen atoms in total. The number of hydrogen-bond acceptors (Lipinski definition) is 4. The topological polar surface area (TPSA) is 36.4 Å². The second kappa shape index (κ2) is 5.98. The van der Waals surface area contributed by atoms with E-state index in [0.717, 1.165) is 23.7 Å². The molecule has 1 N–H and O–H groups in total. The summed E-state index contributed by atoms with van der Waals surface area (Å²) < 4.78 is 0. The van der Waals surface area contributed by atoms with E-state index in [9.17, 15) is 5.11 Å². The van der Waals surface area contributed by atoms with E-state index in [2.05, 4.69) is 16.1 Å². The molecule has 0 unspecified atom stereocenters. The molecule has 4 heteroatoms. The summed E-state index contributed by atoms with van der Waals surface area (Å²) in [4.78, 5) is 6.39. The number of thioether (sulfide) groups is 1. The van der Waals surface area contributed by atoms with Crippen LogP contribution >= 0.6 is 11.8 Å². The molecule has 0 saturated heterocycles. The molecule has 1 aromatic heterocycles. The highest BCUT2D eigenvalue weighted by Gasteiger charge is 2.11. The van der Waals surface area contributed by atoms with Crippen LogP contribution in [0.2, 0.25) is 0 Å². The Balaban J connectivity index is 2.82. The Hall–Kier alpha value is -0.740. The third kappa shape index (κ3) is 3.39. The number of pyridine rings is 1. The molecule has 1 atom stereocenters. The zero-order valence-corrected chi connectivity index (χ0v) is 10.3. The lowest BCUT2D eigenvalue weighted by molar-refractivity contribution is 0.199. The summed E-state index contributed by atoms with van der Waals surface area (Å²) in [6.45, 7) is 2.71. The minimum Gasteiger partial charge on any atom is -0.389 e. The van der Waals surface area contributed by atoms with Gasteiger partial charge < -0.3 is 10.0 Å². The number of hydrogen-bond donors (Lipinski definition) is 1. The van der Waals surface area contributed by atoms with Crippen molar-refractivity contribution in [3.05, 3.63) is 23.9 Å². The summed E-state index contributed by atoms with van der Waals surface area (Å²) in [7, 11) is 2.00. The number of nitrogens with zero attached hydrogens (tertiary/aromatic N) is 2. The Bertz CT molecular complexity index is 304. The third-order valence-electron chi connectivity index (χ3n) is 2.26. The first-order valence-electron chi connectivity index (χ1n) is 5.00. The fraction of sp³-hybridized carbons (Fsp3) is 0.545. The predicted octanol–water partition coefficient (Wildman–Crippen LogP) is 1.93. The van der Waals surface area contributed by atoms with Crippen LogP contribution < -0.4 is 4.90 Å². The monoisotopic (exact) mass is 226 g/mol. The normalized spacial score (nSPS) is 12.5. The van der Waals surface area contributed by atoms with Crippen LogP contribution in [0.15, 0.2) is 18.3 Å². The van der Waals surface area contributed by atoms with Crippen molar-refractivity contribution in [1.29, 1.82) is 0 Å². The largest absolute Gasteiger partial charge is 0.389 e. The van der Waals surface area contributed by atoms with Crippen molar-refractivity contribution in [2.75, 3.05) is 30.5 Å². The van der Waals surface area contributed by atoms with Crippen LogP contribution in [0.3, 0.4) is 0 Å². The smallest absolute Gasteiger partial charge is 0.134 e. The molecule has 0 saturated carbocycles. The predicted molar refractivity (Wildman–Crippen MR) is 66.5 cm³/mol. The van der Waals surface area contributed by atoms with Gasteiger partial charge in [-0.25, -0.2) is 4.98 Å². The minimum absolute atomic E-state index is 0.467. The van der Waals surface area contributed by atoms with Crippen molar-refractivity contribution in [3.63, 3.8) is 0 Å². The van der Waals surface area contributed by atoms with E-state index in [4.69, 9.17) is 0 Å². The lowest BCUT2D eigenvalue weighted by Crippen LogP contribution is -2.23. The first kappa shape index (κ1) is 12.3. The van der Waals surface area contributed by atoms with E-state index in [1.807, 2.05) is 19.2 Å². The molecule has 1 rings (SSSR count). The van der Waals surface area contributed by atoms with Gasteiger partial charge in [0.25, 0.3) is 0 Å². The highest BCUT2D eigenvalue weighted by molar-refractivity contribution is 7.98. The maximum Gasteiger partial charge on any atom is 0.134 e. The van der Waals surface area contributed by atoms with E-state index >= 15 is 0 Å². The van der Waals surface area contributed by atoms with Crippen molar-refractivity contribution < 1.29 is 5.11 Å². The molecule has 1 heterocycles. The first-order chi connectivity index (χ1) is 7.16. The highest BCUT2D eigenvalue weighted by atomic mass is 32.2. The van der Waals surface area contributed by atoms with Gasteiger partial charge in [-0.1, -0.05) is 6.07 Å². The van der Waals surface area contributed by atoms with Crippen LogP contribution in [0.4, 0.5) is 5.82 Å². The van der Waals surface area contributed by atoms with Crippen molar-refractivity contribution in [2.45, 2.75) is 13.0 Å². The Kier molecular flexibility index (Phi) is 4.91. The van der Waals surface area contributed by atoms with Gasteiger partial charge >= 0.3 is 0 Å². The summed E-state index contributed by atoms with van der Waals surface area (Å²) in [5, 5.41) is 9.61.